The van der Waals surface area contributed by atoms with Gasteiger partial charge < -0.3 is 15.2 Å². The van der Waals surface area contributed by atoms with Crippen LogP contribution >= 0.6 is 11.3 Å². The molecule has 2 N–H and O–H groups in total. The molecule has 1 heterocycles. The molecule has 3 atom stereocenters. The molecule has 1 aromatic heterocycles. The Hall–Kier alpha value is -1.85. The molecule has 1 amide bonds. The van der Waals surface area contributed by atoms with Gasteiger partial charge in [0, 0.05) is 10.9 Å². The maximum atomic E-state index is 12.6. The van der Waals surface area contributed by atoms with E-state index in [2.05, 4.69) is 5.32 Å². The highest BCUT2D eigenvalue weighted by atomic mass is 32.1. The number of carbonyl (C=O) groups is 1. The summed E-state index contributed by atoms with van der Waals surface area (Å²) in [6.45, 7) is 3.93. The summed E-state index contributed by atoms with van der Waals surface area (Å²) in [4.78, 5) is 13.5. The Morgan fingerprint density at radius 2 is 2.00 bits per heavy atom. The fourth-order valence-electron chi connectivity index (χ4n) is 2.74. The van der Waals surface area contributed by atoms with Gasteiger partial charge in [-0.3, -0.25) is 4.79 Å². The molecular weight excluding hydrogens is 322 g/mol. The topological polar surface area (TPSA) is 58.6 Å². The average molecular weight is 347 g/mol. The zero-order valence-corrected chi connectivity index (χ0v) is 15.2. The summed E-state index contributed by atoms with van der Waals surface area (Å²) in [5.74, 6) is 0.576. The summed E-state index contributed by atoms with van der Waals surface area (Å²) in [5, 5.41) is 15.2. The first-order valence-corrected chi connectivity index (χ1v) is 9.08. The minimum Gasteiger partial charge on any atom is -0.497 e. The third kappa shape index (κ3) is 4.82. The molecule has 3 unspecified atom stereocenters. The van der Waals surface area contributed by atoms with Gasteiger partial charge in [0.15, 0.2) is 0 Å². The highest BCUT2D eigenvalue weighted by Gasteiger charge is 2.22. The molecule has 24 heavy (non-hydrogen) atoms. The molecule has 0 aliphatic rings. The van der Waals surface area contributed by atoms with Gasteiger partial charge in [-0.2, -0.15) is 0 Å². The van der Waals surface area contributed by atoms with E-state index >= 15 is 0 Å². The molecule has 0 bridgehead atoms. The van der Waals surface area contributed by atoms with Crippen molar-refractivity contribution in [1.29, 1.82) is 0 Å². The molecule has 4 nitrogen and oxygen atoms in total. The lowest BCUT2D eigenvalue weighted by molar-refractivity contribution is -0.123. The van der Waals surface area contributed by atoms with Crippen molar-refractivity contribution in [2.45, 2.75) is 44.8 Å². The summed E-state index contributed by atoms with van der Waals surface area (Å²) < 4.78 is 5.16. The molecule has 5 heteroatoms. The quantitative estimate of drug-likeness (QED) is 0.762. The maximum absolute atomic E-state index is 12.6. The SMILES string of the molecule is CCC(C(=O)NC(C)CC(O)c1cccs1)c1ccc(OC)cc1. The molecule has 0 aliphatic heterocycles. The highest BCUT2D eigenvalue weighted by Crippen LogP contribution is 2.25. The number of aliphatic hydroxyl groups excluding tert-OH is 1. The fourth-order valence-corrected chi connectivity index (χ4v) is 3.47. The Labute approximate surface area is 147 Å². The first-order chi connectivity index (χ1) is 11.5. The van der Waals surface area contributed by atoms with Gasteiger partial charge in [0.05, 0.1) is 19.1 Å². The molecule has 0 radical (unpaired) electrons. The molecule has 2 aromatic rings. The Kier molecular flexibility index (Phi) is 6.82. The van der Waals surface area contributed by atoms with Gasteiger partial charge >= 0.3 is 0 Å². The van der Waals surface area contributed by atoms with Crippen molar-refractivity contribution in [2.75, 3.05) is 7.11 Å². The molecule has 0 spiro atoms. The van der Waals surface area contributed by atoms with Crippen molar-refractivity contribution in [1.82, 2.24) is 5.32 Å². The first kappa shape index (κ1) is 18.5. The lowest BCUT2D eigenvalue weighted by Crippen LogP contribution is -2.37. The fraction of sp³-hybridized carbons (Fsp3) is 0.421. The number of ether oxygens (including phenoxy) is 1. The van der Waals surface area contributed by atoms with Crippen molar-refractivity contribution < 1.29 is 14.6 Å². The third-order valence-corrected chi connectivity index (χ3v) is 5.05. The van der Waals surface area contributed by atoms with E-state index in [4.69, 9.17) is 4.74 Å². The Morgan fingerprint density at radius 3 is 2.54 bits per heavy atom. The first-order valence-electron chi connectivity index (χ1n) is 8.21. The van der Waals surface area contributed by atoms with E-state index in [9.17, 15) is 9.90 Å². The summed E-state index contributed by atoms with van der Waals surface area (Å²) in [5.41, 5.74) is 0.974. The van der Waals surface area contributed by atoms with Crippen LogP contribution in [0.3, 0.4) is 0 Å². The average Bonchev–Trinajstić information content (AvgIpc) is 3.10. The second kappa shape index (κ2) is 8.85. The van der Waals surface area contributed by atoms with Crippen LogP contribution in [-0.2, 0) is 4.79 Å². The predicted octanol–water partition coefficient (Wildman–Crippen LogP) is 3.88. The zero-order valence-electron chi connectivity index (χ0n) is 14.4. The van der Waals surface area contributed by atoms with E-state index in [1.54, 1.807) is 7.11 Å². The van der Waals surface area contributed by atoms with Crippen LogP contribution < -0.4 is 10.1 Å². The van der Waals surface area contributed by atoms with Crippen LogP contribution in [-0.4, -0.2) is 24.2 Å². The van der Waals surface area contributed by atoms with Crippen LogP contribution in [0.4, 0.5) is 0 Å². The minimum absolute atomic E-state index is 0.00598. The van der Waals surface area contributed by atoms with Crippen molar-refractivity contribution in [3.8, 4) is 5.75 Å². The van der Waals surface area contributed by atoms with E-state index in [-0.39, 0.29) is 17.9 Å². The monoisotopic (exact) mass is 347 g/mol. The second-order valence-electron chi connectivity index (χ2n) is 5.91. The van der Waals surface area contributed by atoms with Crippen LogP contribution in [0.15, 0.2) is 41.8 Å². The number of benzene rings is 1. The maximum Gasteiger partial charge on any atom is 0.227 e. The molecule has 2 rings (SSSR count). The van der Waals surface area contributed by atoms with Crippen LogP contribution in [0.1, 0.15) is 49.2 Å². The summed E-state index contributed by atoms with van der Waals surface area (Å²) >= 11 is 1.53. The number of hydrogen-bond acceptors (Lipinski definition) is 4. The van der Waals surface area contributed by atoms with Gasteiger partial charge in [0.2, 0.25) is 5.91 Å². The van der Waals surface area contributed by atoms with E-state index in [0.29, 0.717) is 6.42 Å². The van der Waals surface area contributed by atoms with Gasteiger partial charge in [-0.25, -0.2) is 0 Å². The summed E-state index contributed by atoms with van der Waals surface area (Å²) in [6, 6.07) is 11.3. The normalized spacial score (nSPS) is 14.7. The Morgan fingerprint density at radius 1 is 1.29 bits per heavy atom. The summed E-state index contributed by atoms with van der Waals surface area (Å²) in [7, 11) is 1.62. The smallest absolute Gasteiger partial charge is 0.227 e. The zero-order chi connectivity index (χ0) is 17.5. The van der Waals surface area contributed by atoms with Crippen molar-refractivity contribution in [3.05, 3.63) is 52.2 Å². The third-order valence-electron chi connectivity index (χ3n) is 4.08. The standard InChI is InChI=1S/C19H25NO3S/c1-4-16(14-7-9-15(23-3)10-8-14)19(22)20-13(2)12-17(21)18-6-5-11-24-18/h5-11,13,16-17,21H,4,12H2,1-3H3,(H,20,22). The molecule has 0 aliphatic carbocycles. The largest absolute Gasteiger partial charge is 0.497 e. The number of thiophene rings is 1. The van der Waals surface area contributed by atoms with Crippen molar-refractivity contribution in [2.24, 2.45) is 0 Å². The van der Waals surface area contributed by atoms with Crippen LogP contribution in [0.2, 0.25) is 0 Å². The van der Waals surface area contributed by atoms with Gasteiger partial charge in [-0.1, -0.05) is 25.1 Å². The lowest BCUT2D eigenvalue weighted by atomic mass is 9.95. The number of methoxy groups -OCH3 is 1. The minimum atomic E-state index is -0.540. The van der Waals surface area contributed by atoms with Crippen LogP contribution in [0.5, 0.6) is 5.75 Å². The molecule has 130 valence electrons. The Balaban J connectivity index is 1.95. The number of hydrogen-bond donors (Lipinski definition) is 2. The number of aliphatic hydroxyl groups is 1. The van der Waals surface area contributed by atoms with E-state index in [1.807, 2.05) is 55.6 Å². The lowest BCUT2D eigenvalue weighted by Gasteiger charge is -2.21. The van der Waals surface area contributed by atoms with Crippen LogP contribution in [0.25, 0.3) is 0 Å². The van der Waals surface area contributed by atoms with Gasteiger partial charge in [-0.15, -0.1) is 11.3 Å². The Bertz CT molecular complexity index is 625. The number of amides is 1. The van der Waals surface area contributed by atoms with Gasteiger partial charge in [-0.05, 0) is 48.9 Å². The van der Waals surface area contributed by atoms with Crippen molar-refractivity contribution in [3.63, 3.8) is 0 Å². The van der Waals surface area contributed by atoms with Gasteiger partial charge in [0.1, 0.15) is 5.75 Å². The molecule has 0 fully saturated rings. The molecule has 0 saturated carbocycles. The van der Waals surface area contributed by atoms with Crippen molar-refractivity contribution >= 4 is 17.2 Å². The van der Waals surface area contributed by atoms with Crippen LogP contribution in [0, 0.1) is 0 Å². The number of rotatable bonds is 8. The summed E-state index contributed by atoms with van der Waals surface area (Å²) in [6.07, 6.45) is 0.685. The van der Waals surface area contributed by atoms with E-state index in [1.165, 1.54) is 11.3 Å². The molecule has 0 saturated heterocycles. The predicted molar refractivity (Wildman–Crippen MR) is 97.5 cm³/mol. The van der Waals surface area contributed by atoms with E-state index < -0.39 is 6.10 Å². The number of nitrogens with one attached hydrogen (secondary N) is 1. The molecular formula is C19H25NO3S. The van der Waals surface area contributed by atoms with Gasteiger partial charge in [0.25, 0.3) is 0 Å². The molecule has 1 aromatic carbocycles. The second-order valence-corrected chi connectivity index (χ2v) is 6.89. The van der Waals surface area contributed by atoms with E-state index in [0.717, 1.165) is 22.6 Å². The highest BCUT2D eigenvalue weighted by molar-refractivity contribution is 7.10. The number of carbonyl (C=O) groups excluding carboxylic acids is 1.